The van der Waals surface area contributed by atoms with Gasteiger partial charge in [-0.3, -0.25) is 0 Å². The average molecular weight is 288 g/mol. The lowest BCUT2D eigenvalue weighted by Gasteiger charge is -2.14. The Balaban J connectivity index is 2.10. The van der Waals surface area contributed by atoms with E-state index < -0.39 is 0 Å². The molecule has 0 spiro atoms. The molecule has 1 aliphatic rings. The van der Waals surface area contributed by atoms with E-state index in [1.54, 1.807) is 0 Å². The molecule has 0 N–H and O–H groups in total. The van der Waals surface area contributed by atoms with Crippen LogP contribution in [0.1, 0.15) is 57.1 Å². The van der Waals surface area contributed by atoms with Gasteiger partial charge in [0.15, 0.2) is 0 Å². The summed E-state index contributed by atoms with van der Waals surface area (Å²) in [6, 6.07) is 8.58. The van der Waals surface area contributed by atoms with Crippen LogP contribution in [0, 0.1) is 0 Å². The number of benzene rings is 1. The highest BCUT2D eigenvalue weighted by molar-refractivity contribution is 5.64. The van der Waals surface area contributed by atoms with Crippen molar-refractivity contribution in [1.29, 1.82) is 0 Å². The van der Waals surface area contributed by atoms with Crippen LogP contribution in [0.4, 0.5) is 0 Å². The monoisotopic (exact) mass is 288 g/mol. The topological polar surface area (TPSA) is 18.5 Å². The van der Waals surface area contributed by atoms with Gasteiger partial charge >= 0.3 is 0 Å². The maximum Gasteiger partial charge on any atom is 0.125 e. The van der Waals surface area contributed by atoms with Crippen molar-refractivity contribution in [2.75, 3.05) is 13.2 Å². The summed E-state index contributed by atoms with van der Waals surface area (Å²) >= 11 is 0. The van der Waals surface area contributed by atoms with Crippen molar-refractivity contribution in [3.8, 4) is 0 Å². The average Bonchev–Trinajstić information content (AvgIpc) is 2.68. The van der Waals surface area contributed by atoms with Gasteiger partial charge in [0.05, 0.1) is 12.7 Å². The number of ether oxygens (including phenoxy) is 2. The first-order chi connectivity index (χ1) is 10.3. The number of unbranched alkanes of at least 4 members (excludes halogenated alkanes) is 2. The SMILES string of the molecule is CCCCOC1=CC(OCCCC)CCc2ccccc21. The molecule has 0 heterocycles. The fraction of sp³-hybridized carbons (Fsp3) is 0.579. The summed E-state index contributed by atoms with van der Waals surface area (Å²) in [5.41, 5.74) is 2.62. The van der Waals surface area contributed by atoms with E-state index in [2.05, 4.69) is 44.2 Å². The second kappa shape index (κ2) is 8.89. The van der Waals surface area contributed by atoms with Gasteiger partial charge in [0.1, 0.15) is 5.76 Å². The Hall–Kier alpha value is -1.28. The molecule has 1 unspecified atom stereocenters. The molecule has 0 bridgehead atoms. The molecule has 2 nitrogen and oxygen atoms in total. The highest BCUT2D eigenvalue weighted by Crippen LogP contribution is 2.28. The number of fused-ring (bicyclic) bond motifs is 1. The summed E-state index contributed by atoms with van der Waals surface area (Å²) < 4.78 is 12.1. The van der Waals surface area contributed by atoms with Gasteiger partial charge in [-0.05, 0) is 37.3 Å². The van der Waals surface area contributed by atoms with Gasteiger partial charge in [0.25, 0.3) is 0 Å². The van der Waals surface area contributed by atoms with Crippen LogP contribution in [0.2, 0.25) is 0 Å². The molecule has 2 heteroatoms. The maximum absolute atomic E-state index is 6.05. The van der Waals surface area contributed by atoms with Crippen molar-refractivity contribution in [2.45, 2.75) is 58.5 Å². The van der Waals surface area contributed by atoms with Crippen LogP contribution in [0.15, 0.2) is 30.3 Å². The molecule has 0 aliphatic heterocycles. The largest absolute Gasteiger partial charge is 0.493 e. The second-order valence-electron chi connectivity index (χ2n) is 5.69. The van der Waals surface area contributed by atoms with Crippen molar-refractivity contribution < 1.29 is 9.47 Å². The van der Waals surface area contributed by atoms with Crippen LogP contribution in [0.25, 0.3) is 5.76 Å². The summed E-state index contributed by atoms with van der Waals surface area (Å²) in [4.78, 5) is 0. The minimum atomic E-state index is 0.181. The van der Waals surface area contributed by atoms with E-state index in [0.717, 1.165) is 51.1 Å². The minimum Gasteiger partial charge on any atom is -0.493 e. The number of rotatable bonds is 8. The molecule has 0 fully saturated rings. The Kier molecular flexibility index (Phi) is 6.81. The smallest absolute Gasteiger partial charge is 0.125 e. The van der Waals surface area contributed by atoms with Crippen LogP contribution in [-0.4, -0.2) is 19.3 Å². The Labute approximate surface area is 129 Å². The van der Waals surface area contributed by atoms with Gasteiger partial charge in [0.2, 0.25) is 0 Å². The van der Waals surface area contributed by atoms with Gasteiger partial charge < -0.3 is 9.47 Å². The normalized spacial score (nSPS) is 17.8. The molecule has 1 atom stereocenters. The summed E-state index contributed by atoms with van der Waals surface area (Å²) in [5, 5.41) is 0. The molecule has 0 saturated heterocycles. The molecular formula is C19H28O2. The predicted octanol–water partition coefficient (Wildman–Crippen LogP) is 4.98. The van der Waals surface area contributed by atoms with Crippen molar-refractivity contribution in [3.63, 3.8) is 0 Å². The first-order valence-corrected chi connectivity index (χ1v) is 8.39. The van der Waals surface area contributed by atoms with E-state index in [0.29, 0.717) is 0 Å². The Morgan fingerprint density at radius 2 is 1.81 bits per heavy atom. The molecule has 1 aliphatic carbocycles. The molecule has 21 heavy (non-hydrogen) atoms. The van der Waals surface area contributed by atoms with E-state index in [1.165, 1.54) is 17.5 Å². The van der Waals surface area contributed by atoms with Crippen LogP contribution in [-0.2, 0) is 15.9 Å². The molecule has 0 radical (unpaired) electrons. The highest BCUT2D eigenvalue weighted by atomic mass is 16.5. The van der Waals surface area contributed by atoms with E-state index >= 15 is 0 Å². The lowest BCUT2D eigenvalue weighted by Crippen LogP contribution is -2.11. The van der Waals surface area contributed by atoms with Crippen LogP contribution in [0.3, 0.4) is 0 Å². The van der Waals surface area contributed by atoms with Crippen molar-refractivity contribution in [2.24, 2.45) is 0 Å². The zero-order chi connectivity index (χ0) is 14.9. The molecule has 0 aromatic heterocycles. The van der Waals surface area contributed by atoms with Gasteiger partial charge in [-0.25, -0.2) is 0 Å². The summed E-state index contributed by atoms with van der Waals surface area (Å²) in [6.07, 6.45) is 9.04. The summed E-state index contributed by atoms with van der Waals surface area (Å²) in [6.45, 7) is 6.02. The second-order valence-corrected chi connectivity index (χ2v) is 5.69. The van der Waals surface area contributed by atoms with E-state index in [9.17, 15) is 0 Å². The molecule has 0 amide bonds. The third-order valence-electron chi connectivity index (χ3n) is 3.90. The number of aryl methyl sites for hydroxylation is 1. The van der Waals surface area contributed by atoms with Crippen LogP contribution in [0.5, 0.6) is 0 Å². The molecule has 2 rings (SSSR count). The Bertz CT molecular complexity index is 451. The number of hydrogen-bond donors (Lipinski definition) is 0. The maximum atomic E-state index is 6.05. The molecule has 1 aromatic carbocycles. The minimum absolute atomic E-state index is 0.181. The Morgan fingerprint density at radius 1 is 1.05 bits per heavy atom. The number of hydrogen-bond acceptors (Lipinski definition) is 2. The van der Waals surface area contributed by atoms with E-state index in [-0.39, 0.29) is 6.10 Å². The zero-order valence-electron chi connectivity index (χ0n) is 13.4. The van der Waals surface area contributed by atoms with Gasteiger partial charge in [-0.15, -0.1) is 0 Å². The third-order valence-corrected chi connectivity index (χ3v) is 3.90. The fourth-order valence-corrected chi connectivity index (χ4v) is 2.58. The van der Waals surface area contributed by atoms with Gasteiger partial charge in [-0.2, -0.15) is 0 Å². The first kappa shape index (κ1) is 16.1. The van der Waals surface area contributed by atoms with E-state index in [4.69, 9.17) is 9.47 Å². The molecule has 1 aromatic rings. The van der Waals surface area contributed by atoms with Crippen LogP contribution >= 0.6 is 0 Å². The third kappa shape index (κ3) is 4.89. The van der Waals surface area contributed by atoms with Crippen molar-refractivity contribution >= 4 is 5.76 Å². The van der Waals surface area contributed by atoms with Crippen molar-refractivity contribution in [1.82, 2.24) is 0 Å². The Morgan fingerprint density at radius 3 is 2.62 bits per heavy atom. The van der Waals surface area contributed by atoms with Crippen LogP contribution < -0.4 is 0 Å². The molecular weight excluding hydrogens is 260 g/mol. The first-order valence-electron chi connectivity index (χ1n) is 8.39. The standard InChI is InChI=1S/C19H28O2/c1-3-5-13-20-17-12-11-16-9-7-8-10-18(16)19(15-17)21-14-6-4-2/h7-10,15,17H,3-6,11-14H2,1-2H3. The highest BCUT2D eigenvalue weighted by Gasteiger charge is 2.18. The van der Waals surface area contributed by atoms with Gasteiger partial charge in [0, 0.05) is 12.2 Å². The van der Waals surface area contributed by atoms with E-state index in [1.807, 2.05) is 0 Å². The summed E-state index contributed by atoms with van der Waals surface area (Å²) in [5.74, 6) is 1.01. The summed E-state index contributed by atoms with van der Waals surface area (Å²) in [7, 11) is 0. The molecule has 116 valence electrons. The van der Waals surface area contributed by atoms with Gasteiger partial charge in [-0.1, -0.05) is 51.0 Å². The lowest BCUT2D eigenvalue weighted by molar-refractivity contribution is 0.0769. The fourth-order valence-electron chi connectivity index (χ4n) is 2.58. The zero-order valence-corrected chi connectivity index (χ0v) is 13.4. The predicted molar refractivity (Wildman–Crippen MR) is 88.2 cm³/mol. The van der Waals surface area contributed by atoms with Crippen molar-refractivity contribution in [3.05, 3.63) is 41.5 Å². The quantitative estimate of drug-likeness (QED) is 0.628. The molecule has 0 saturated carbocycles. The lowest BCUT2D eigenvalue weighted by atomic mass is 10.0.